The first-order valence-electron chi connectivity index (χ1n) is 6.51. The van der Waals surface area contributed by atoms with Crippen molar-refractivity contribution in [3.63, 3.8) is 0 Å². The SMILES string of the molecule is CCCN(CC(C)C(=O)O)c1c(C)cccc1C. The Morgan fingerprint density at radius 1 is 1.33 bits per heavy atom. The number of aliphatic carboxylic acids is 1. The number of rotatable bonds is 6. The van der Waals surface area contributed by atoms with E-state index in [0.717, 1.165) is 13.0 Å². The zero-order valence-electron chi connectivity index (χ0n) is 11.7. The predicted octanol–water partition coefficient (Wildman–Crippen LogP) is 3.24. The number of hydrogen-bond acceptors (Lipinski definition) is 2. The number of para-hydroxylation sites is 1. The normalized spacial score (nSPS) is 12.2. The maximum Gasteiger partial charge on any atom is 0.308 e. The van der Waals surface area contributed by atoms with Gasteiger partial charge in [0.25, 0.3) is 0 Å². The Kier molecular flexibility index (Phi) is 5.20. The average molecular weight is 249 g/mol. The lowest BCUT2D eigenvalue weighted by molar-refractivity contribution is -0.140. The van der Waals surface area contributed by atoms with Crippen LogP contribution in [0.4, 0.5) is 5.69 Å². The molecule has 1 atom stereocenters. The fourth-order valence-corrected chi connectivity index (χ4v) is 2.28. The molecule has 3 nitrogen and oxygen atoms in total. The molecule has 0 aliphatic rings. The van der Waals surface area contributed by atoms with Crippen molar-refractivity contribution < 1.29 is 9.90 Å². The van der Waals surface area contributed by atoms with Gasteiger partial charge in [-0.05, 0) is 31.4 Å². The molecule has 0 radical (unpaired) electrons. The minimum absolute atomic E-state index is 0.351. The molecule has 1 unspecified atom stereocenters. The van der Waals surface area contributed by atoms with E-state index in [1.807, 2.05) is 6.07 Å². The molecule has 1 aromatic carbocycles. The van der Waals surface area contributed by atoms with Crippen LogP contribution in [0.25, 0.3) is 0 Å². The van der Waals surface area contributed by atoms with Gasteiger partial charge in [-0.1, -0.05) is 32.0 Å². The van der Waals surface area contributed by atoms with Gasteiger partial charge in [0, 0.05) is 18.8 Å². The van der Waals surface area contributed by atoms with Gasteiger partial charge in [-0.15, -0.1) is 0 Å². The van der Waals surface area contributed by atoms with Gasteiger partial charge in [-0.2, -0.15) is 0 Å². The zero-order chi connectivity index (χ0) is 13.7. The minimum Gasteiger partial charge on any atom is -0.481 e. The fourth-order valence-electron chi connectivity index (χ4n) is 2.28. The summed E-state index contributed by atoms with van der Waals surface area (Å²) in [6.07, 6.45) is 1.01. The molecular formula is C15H23NO2. The Morgan fingerprint density at radius 3 is 2.33 bits per heavy atom. The van der Waals surface area contributed by atoms with Gasteiger partial charge < -0.3 is 10.0 Å². The van der Waals surface area contributed by atoms with Gasteiger partial charge in [0.15, 0.2) is 0 Å². The van der Waals surface area contributed by atoms with Gasteiger partial charge in [-0.3, -0.25) is 4.79 Å². The van der Waals surface area contributed by atoms with Crippen molar-refractivity contribution in [2.45, 2.75) is 34.1 Å². The highest BCUT2D eigenvalue weighted by Crippen LogP contribution is 2.25. The van der Waals surface area contributed by atoms with Crippen molar-refractivity contribution in [3.05, 3.63) is 29.3 Å². The lowest BCUT2D eigenvalue weighted by atomic mass is 10.1. The number of aryl methyl sites for hydroxylation is 2. The third-order valence-corrected chi connectivity index (χ3v) is 3.17. The summed E-state index contributed by atoms with van der Waals surface area (Å²) in [4.78, 5) is 13.2. The third kappa shape index (κ3) is 3.49. The van der Waals surface area contributed by atoms with Crippen LogP contribution >= 0.6 is 0 Å². The first-order chi connectivity index (χ1) is 8.47. The lowest BCUT2D eigenvalue weighted by Gasteiger charge is -2.29. The summed E-state index contributed by atoms with van der Waals surface area (Å²) < 4.78 is 0. The molecule has 100 valence electrons. The summed E-state index contributed by atoms with van der Waals surface area (Å²) in [5.41, 5.74) is 3.61. The summed E-state index contributed by atoms with van der Waals surface area (Å²) in [7, 11) is 0. The molecule has 0 saturated carbocycles. The van der Waals surface area contributed by atoms with E-state index in [4.69, 9.17) is 5.11 Å². The Balaban J connectivity index is 3.00. The van der Waals surface area contributed by atoms with E-state index < -0.39 is 5.97 Å². The first-order valence-corrected chi connectivity index (χ1v) is 6.51. The minimum atomic E-state index is -0.734. The maximum atomic E-state index is 11.0. The van der Waals surface area contributed by atoms with Crippen molar-refractivity contribution in [2.75, 3.05) is 18.0 Å². The molecule has 0 heterocycles. The van der Waals surface area contributed by atoms with E-state index in [0.29, 0.717) is 6.54 Å². The smallest absolute Gasteiger partial charge is 0.308 e. The number of carboxylic acids is 1. The van der Waals surface area contributed by atoms with E-state index in [1.54, 1.807) is 6.92 Å². The number of nitrogens with zero attached hydrogens (tertiary/aromatic N) is 1. The Hall–Kier alpha value is -1.51. The van der Waals surface area contributed by atoms with Crippen LogP contribution in [0.15, 0.2) is 18.2 Å². The van der Waals surface area contributed by atoms with E-state index in [9.17, 15) is 4.79 Å². The quantitative estimate of drug-likeness (QED) is 0.841. The van der Waals surface area contributed by atoms with E-state index in [1.165, 1.54) is 16.8 Å². The van der Waals surface area contributed by atoms with Crippen LogP contribution in [0.1, 0.15) is 31.4 Å². The van der Waals surface area contributed by atoms with Crippen molar-refractivity contribution >= 4 is 11.7 Å². The monoisotopic (exact) mass is 249 g/mol. The molecule has 0 amide bonds. The fraction of sp³-hybridized carbons (Fsp3) is 0.533. The molecule has 1 N–H and O–H groups in total. The number of anilines is 1. The second-order valence-corrected chi connectivity index (χ2v) is 4.93. The van der Waals surface area contributed by atoms with Crippen molar-refractivity contribution in [2.24, 2.45) is 5.92 Å². The van der Waals surface area contributed by atoms with Gasteiger partial charge >= 0.3 is 5.97 Å². The Bertz CT molecular complexity index is 395. The summed E-state index contributed by atoms with van der Waals surface area (Å²) >= 11 is 0. The lowest BCUT2D eigenvalue weighted by Crippen LogP contribution is -2.33. The van der Waals surface area contributed by atoms with Crippen LogP contribution in [0, 0.1) is 19.8 Å². The van der Waals surface area contributed by atoms with Gasteiger partial charge in [-0.25, -0.2) is 0 Å². The van der Waals surface area contributed by atoms with Crippen LogP contribution in [0.5, 0.6) is 0 Å². The summed E-state index contributed by atoms with van der Waals surface area (Å²) in [6.45, 7) is 9.50. The number of carboxylic acid groups (broad SMARTS) is 1. The Morgan fingerprint density at radius 2 is 1.89 bits per heavy atom. The topological polar surface area (TPSA) is 40.5 Å². The highest BCUT2D eigenvalue weighted by Gasteiger charge is 2.18. The molecule has 0 aromatic heterocycles. The van der Waals surface area contributed by atoms with Crippen LogP contribution in [-0.2, 0) is 4.79 Å². The molecule has 0 fully saturated rings. The average Bonchev–Trinajstić information content (AvgIpc) is 2.28. The van der Waals surface area contributed by atoms with E-state index in [-0.39, 0.29) is 5.92 Å². The van der Waals surface area contributed by atoms with Crippen LogP contribution in [0.3, 0.4) is 0 Å². The van der Waals surface area contributed by atoms with Crippen molar-refractivity contribution in [1.82, 2.24) is 0 Å². The maximum absolute atomic E-state index is 11.0. The Labute approximate surface area is 109 Å². The van der Waals surface area contributed by atoms with Crippen LogP contribution in [-0.4, -0.2) is 24.2 Å². The predicted molar refractivity (Wildman–Crippen MR) is 75.2 cm³/mol. The third-order valence-electron chi connectivity index (χ3n) is 3.17. The molecule has 3 heteroatoms. The second kappa shape index (κ2) is 6.43. The van der Waals surface area contributed by atoms with Crippen molar-refractivity contribution in [1.29, 1.82) is 0 Å². The molecule has 0 aliphatic heterocycles. The van der Waals surface area contributed by atoms with E-state index in [2.05, 4.69) is 37.8 Å². The zero-order valence-corrected chi connectivity index (χ0v) is 11.7. The van der Waals surface area contributed by atoms with E-state index >= 15 is 0 Å². The molecule has 18 heavy (non-hydrogen) atoms. The standard InChI is InChI=1S/C15H23NO2/c1-5-9-16(10-13(4)15(17)18)14-11(2)7-6-8-12(14)3/h6-8,13H,5,9-10H2,1-4H3,(H,17,18). The summed E-state index contributed by atoms with van der Waals surface area (Å²) in [5.74, 6) is -1.09. The highest BCUT2D eigenvalue weighted by molar-refractivity contribution is 5.71. The summed E-state index contributed by atoms with van der Waals surface area (Å²) in [6, 6.07) is 6.20. The number of benzene rings is 1. The second-order valence-electron chi connectivity index (χ2n) is 4.93. The molecule has 0 saturated heterocycles. The molecule has 1 rings (SSSR count). The highest BCUT2D eigenvalue weighted by atomic mass is 16.4. The first kappa shape index (κ1) is 14.6. The molecular weight excluding hydrogens is 226 g/mol. The summed E-state index contributed by atoms with van der Waals surface area (Å²) in [5, 5.41) is 9.06. The van der Waals surface area contributed by atoms with Crippen LogP contribution in [0.2, 0.25) is 0 Å². The molecule has 0 bridgehead atoms. The van der Waals surface area contributed by atoms with Gasteiger partial charge in [0.05, 0.1) is 5.92 Å². The largest absolute Gasteiger partial charge is 0.481 e. The van der Waals surface area contributed by atoms with Gasteiger partial charge in [0.1, 0.15) is 0 Å². The number of carbonyl (C=O) groups is 1. The van der Waals surface area contributed by atoms with Crippen LogP contribution < -0.4 is 4.90 Å². The van der Waals surface area contributed by atoms with Gasteiger partial charge in [0.2, 0.25) is 0 Å². The number of hydrogen-bond donors (Lipinski definition) is 1. The molecule has 1 aromatic rings. The molecule has 0 aliphatic carbocycles. The van der Waals surface area contributed by atoms with Crippen molar-refractivity contribution in [3.8, 4) is 0 Å². The molecule has 0 spiro atoms.